The second-order valence-corrected chi connectivity index (χ2v) is 10.8. The van der Waals surface area contributed by atoms with Crippen LogP contribution in [0.25, 0.3) is 11.1 Å². The van der Waals surface area contributed by atoms with Gasteiger partial charge in [0.1, 0.15) is 5.82 Å². The summed E-state index contributed by atoms with van der Waals surface area (Å²) in [5.41, 5.74) is -0.525. The molecule has 0 radical (unpaired) electrons. The van der Waals surface area contributed by atoms with Gasteiger partial charge in [-0.25, -0.2) is 17.8 Å². The first-order valence-corrected chi connectivity index (χ1v) is 13.0. The molecule has 1 aliphatic rings. The Morgan fingerprint density at radius 2 is 1.94 bits per heavy atom. The number of rotatable bonds is 8. The van der Waals surface area contributed by atoms with Gasteiger partial charge >= 0.3 is 6.18 Å². The maximum atomic E-state index is 14.7. The summed E-state index contributed by atoms with van der Waals surface area (Å²) in [5, 5.41) is 3.78. The minimum atomic E-state index is -4.59. The van der Waals surface area contributed by atoms with Gasteiger partial charge < -0.3 is 5.32 Å². The number of nitrogens with zero attached hydrogens (tertiary/aromatic N) is 2. The van der Waals surface area contributed by atoms with Crippen LogP contribution in [0.15, 0.2) is 42.0 Å². The molecule has 1 fully saturated rings. The van der Waals surface area contributed by atoms with Crippen LogP contribution < -0.4 is 10.0 Å². The number of hydrogen-bond donors (Lipinski definition) is 2. The second kappa shape index (κ2) is 9.53. The molecule has 0 saturated heterocycles. The van der Waals surface area contributed by atoms with Crippen molar-refractivity contribution in [2.45, 2.75) is 43.5 Å². The van der Waals surface area contributed by atoms with E-state index in [2.05, 4.69) is 20.0 Å². The number of halogens is 4. The molecule has 1 atom stereocenters. The standard InChI is InChI=1S/C22H20F4N4O3S2/c1-2-16(19-11-34-21(29-19)30-35(32,33)15-4-5-15)20(31)28-18-6-3-12(8-17(18)23)13-7-14(10-27-9-13)22(24,25)26/h3,6-11,15-16H,2,4-5H2,1H3,(H,28,31)(H,29,30). The van der Waals surface area contributed by atoms with Crippen molar-refractivity contribution in [3.05, 3.63) is 59.1 Å². The molecule has 2 N–H and O–H groups in total. The molecule has 35 heavy (non-hydrogen) atoms. The van der Waals surface area contributed by atoms with E-state index in [4.69, 9.17) is 0 Å². The highest BCUT2D eigenvalue weighted by atomic mass is 32.2. The zero-order valence-corrected chi connectivity index (χ0v) is 19.9. The first-order chi connectivity index (χ1) is 16.5. The summed E-state index contributed by atoms with van der Waals surface area (Å²) < 4.78 is 80.2. The Bertz CT molecular complexity index is 1350. The van der Waals surface area contributed by atoms with Gasteiger partial charge in [-0.05, 0) is 43.0 Å². The van der Waals surface area contributed by atoms with Crippen LogP contribution in [0.1, 0.15) is 43.4 Å². The quantitative estimate of drug-likeness (QED) is 0.382. The lowest BCUT2D eigenvalue weighted by molar-refractivity contribution is -0.137. The van der Waals surface area contributed by atoms with Crippen molar-refractivity contribution in [2.24, 2.45) is 0 Å². The third-order valence-corrected chi connectivity index (χ3v) is 8.15. The molecule has 1 amide bonds. The van der Waals surface area contributed by atoms with Gasteiger partial charge in [0.05, 0.1) is 28.1 Å². The van der Waals surface area contributed by atoms with E-state index < -0.39 is 44.7 Å². The summed E-state index contributed by atoms with van der Waals surface area (Å²) in [7, 11) is -3.49. The van der Waals surface area contributed by atoms with Crippen LogP contribution in [0.4, 0.5) is 28.4 Å². The van der Waals surface area contributed by atoms with Crippen molar-refractivity contribution in [2.75, 3.05) is 10.0 Å². The average molecular weight is 529 g/mol. The fourth-order valence-corrected chi connectivity index (χ4v) is 5.73. The first kappa shape index (κ1) is 25.0. The maximum Gasteiger partial charge on any atom is 0.417 e. The van der Waals surface area contributed by atoms with Crippen molar-refractivity contribution in [1.82, 2.24) is 9.97 Å². The molecular formula is C22H20F4N4O3S2. The summed E-state index contributed by atoms with van der Waals surface area (Å²) in [6.45, 7) is 1.73. The molecule has 1 unspecified atom stereocenters. The Hall–Kier alpha value is -3.06. The van der Waals surface area contributed by atoms with Crippen molar-refractivity contribution in [3.63, 3.8) is 0 Å². The molecule has 13 heteroatoms. The maximum absolute atomic E-state index is 14.7. The second-order valence-electron chi connectivity index (χ2n) is 8.03. The van der Waals surface area contributed by atoms with E-state index in [1.54, 1.807) is 12.3 Å². The topological polar surface area (TPSA) is 101 Å². The van der Waals surface area contributed by atoms with Gasteiger partial charge in [-0.2, -0.15) is 13.2 Å². The minimum Gasteiger partial charge on any atom is -0.323 e. The lowest BCUT2D eigenvalue weighted by Crippen LogP contribution is -2.22. The van der Waals surface area contributed by atoms with Crippen LogP contribution in [0.2, 0.25) is 0 Å². The van der Waals surface area contributed by atoms with Gasteiger partial charge in [0.15, 0.2) is 5.13 Å². The first-order valence-electron chi connectivity index (χ1n) is 10.6. The molecule has 2 aromatic heterocycles. The molecule has 0 bridgehead atoms. The van der Waals surface area contributed by atoms with E-state index in [0.29, 0.717) is 31.2 Å². The van der Waals surface area contributed by atoms with Crippen LogP contribution in [0, 0.1) is 5.82 Å². The molecule has 186 valence electrons. The fraction of sp³-hybridized carbons (Fsp3) is 0.318. The molecule has 1 saturated carbocycles. The summed E-state index contributed by atoms with van der Waals surface area (Å²) >= 11 is 1.05. The normalized spacial score (nSPS) is 15.0. The highest BCUT2D eigenvalue weighted by Crippen LogP contribution is 2.34. The zero-order chi connectivity index (χ0) is 25.4. The van der Waals surface area contributed by atoms with Gasteiger partial charge in [-0.1, -0.05) is 13.0 Å². The summed E-state index contributed by atoms with van der Waals surface area (Å²) in [6, 6.07) is 4.52. The Balaban J connectivity index is 1.48. The van der Waals surface area contributed by atoms with Crippen molar-refractivity contribution in [1.29, 1.82) is 0 Å². The predicted octanol–water partition coefficient (Wildman–Crippen LogP) is 5.40. The number of thiazole rings is 1. The van der Waals surface area contributed by atoms with E-state index >= 15 is 0 Å². The molecular weight excluding hydrogens is 508 g/mol. The monoisotopic (exact) mass is 528 g/mol. The van der Waals surface area contributed by atoms with Crippen LogP contribution in [0.3, 0.4) is 0 Å². The lowest BCUT2D eigenvalue weighted by Gasteiger charge is -2.14. The number of aromatic nitrogens is 2. The third kappa shape index (κ3) is 5.78. The Morgan fingerprint density at radius 3 is 2.57 bits per heavy atom. The van der Waals surface area contributed by atoms with Crippen LogP contribution >= 0.6 is 11.3 Å². The number of hydrogen-bond acceptors (Lipinski definition) is 6. The molecule has 1 aliphatic carbocycles. The predicted molar refractivity (Wildman–Crippen MR) is 124 cm³/mol. The largest absolute Gasteiger partial charge is 0.417 e. The SMILES string of the molecule is CCC(C(=O)Nc1ccc(-c2cncc(C(F)(F)F)c2)cc1F)c1csc(NS(=O)(=O)C2CC2)n1. The molecule has 0 aliphatic heterocycles. The Labute approximate surface area is 202 Å². The van der Waals surface area contributed by atoms with E-state index in [0.717, 1.165) is 23.5 Å². The van der Waals surface area contributed by atoms with E-state index in [-0.39, 0.29) is 21.9 Å². The Morgan fingerprint density at radius 1 is 1.20 bits per heavy atom. The van der Waals surface area contributed by atoms with E-state index in [9.17, 15) is 30.8 Å². The van der Waals surface area contributed by atoms with Crippen molar-refractivity contribution in [3.8, 4) is 11.1 Å². The van der Waals surface area contributed by atoms with Gasteiger partial charge in [-0.3, -0.25) is 14.5 Å². The number of sulfonamides is 1. The molecule has 0 spiro atoms. The number of amides is 1. The highest BCUT2D eigenvalue weighted by Gasteiger charge is 2.36. The summed E-state index contributed by atoms with van der Waals surface area (Å²) in [6.07, 6.45) is -1.20. The molecule has 2 heterocycles. The highest BCUT2D eigenvalue weighted by molar-refractivity contribution is 7.93. The summed E-state index contributed by atoms with van der Waals surface area (Å²) in [4.78, 5) is 20.6. The number of anilines is 2. The fourth-order valence-electron chi connectivity index (χ4n) is 3.37. The van der Waals surface area contributed by atoms with Gasteiger partial charge in [0.2, 0.25) is 15.9 Å². The van der Waals surface area contributed by atoms with Crippen LogP contribution in [0.5, 0.6) is 0 Å². The molecule has 7 nitrogen and oxygen atoms in total. The van der Waals surface area contributed by atoms with Crippen LogP contribution in [-0.2, 0) is 21.0 Å². The number of benzene rings is 1. The van der Waals surface area contributed by atoms with Crippen molar-refractivity contribution < 1.29 is 30.8 Å². The minimum absolute atomic E-state index is 0.0756. The number of carbonyl (C=O) groups excluding carboxylic acids is 1. The Kier molecular flexibility index (Phi) is 6.82. The third-order valence-electron chi connectivity index (χ3n) is 5.42. The van der Waals surface area contributed by atoms with E-state index in [1.165, 1.54) is 18.3 Å². The van der Waals surface area contributed by atoms with Crippen molar-refractivity contribution >= 4 is 38.1 Å². The van der Waals surface area contributed by atoms with E-state index in [1.807, 2.05) is 0 Å². The average Bonchev–Trinajstić information content (AvgIpc) is 3.57. The molecule has 4 rings (SSSR count). The number of alkyl halides is 3. The number of pyridine rings is 1. The van der Waals surface area contributed by atoms with Gasteiger partial charge in [0, 0.05) is 23.3 Å². The van der Waals surface area contributed by atoms with Gasteiger partial charge in [-0.15, -0.1) is 11.3 Å². The van der Waals surface area contributed by atoms with Crippen LogP contribution in [-0.4, -0.2) is 29.5 Å². The molecule has 3 aromatic rings. The number of carbonyl (C=O) groups is 1. The summed E-state index contributed by atoms with van der Waals surface area (Å²) in [5.74, 6) is -2.15. The lowest BCUT2D eigenvalue weighted by atomic mass is 10.0. The smallest absolute Gasteiger partial charge is 0.323 e. The van der Waals surface area contributed by atoms with Gasteiger partial charge in [0.25, 0.3) is 0 Å². The molecule has 1 aromatic carbocycles. The number of nitrogens with one attached hydrogen (secondary N) is 2. The zero-order valence-electron chi connectivity index (χ0n) is 18.3.